The molecule has 0 aromatic heterocycles. The van der Waals surface area contributed by atoms with Crippen LogP contribution >= 0.6 is 38.5 Å². The highest BCUT2D eigenvalue weighted by Gasteiger charge is 2.30. The quantitative estimate of drug-likeness (QED) is 0.507. The molecular weight excluding hydrogens is 449 g/mol. The Labute approximate surface area is 146 Å². The third-order valence-electron chi connectivity index (χ3n) is 3.49. The van der Waals surface area contributed by atoms with Gasteiger partial charge in [-0.3, -0.25) is 9.59 Å². The number of hydrogen-bond donors (Lipinski definition) is 0. The molecule has 1 aliphatic heterocycles. The largest absolute Gasteiger partial charge is 0.466 e. The van der Waals surface area contributed by atoms with Gasteiger partial charge in [0.15, 0.2) is 0 Å². The number of nitrogens with zero attached hydrogens (tertiary/aromatic N) is 1. The van der Waals surface area contributed by atoms with Crippen LogP contribution in [0.25, 0.3) is 0 Å². The fourth-order valence-corrected chi connectivity index (χ4v) is 3.35. The molecule has 0 radical (unpaired) electrons. The van der Waals surface area contributed by atoms with Crippen molar-refractivity contribution >= 4 is 50.4 Å². The Morgan fingerprint density at radius 3 is 2.95 bits per heavy atom. The summed E-state index contributed by atoms with van der Waals surface area (Å²) in [5, 5.41) is 0. The van der Waals surface area contributed by atoms with Crippen molar-refractivity contribution in [2.24, 2.45) is 5.92 Å². The molecule has 1 unspecified atom stereocenters. The molecule has 1 aromatic carbocycles. The number of hydrogen-bond acceptors (Lipinski definition) is 3. The van der Waals surface area contributed by atoms with Gasteiger partial charge >= 0.3 is 5.97 Å². The maximum absolute atomic E-state index is 12.6. The van der Waals surface area contributed by atoms with Crippen molar-refractivity contribution in [3.63, 3.8) is 0 Å². The first-order chi connectivity index (χ1) is 10.0. The number of esters is 1. The number of rotatable bonds is 3. The van der Waals surface area contributed by atoms with E-state index in [1.807, 2.05) is 18.2 Å². The lowest BCUT2D eigenvalue weighted by Gasteiger charge is -2.31. The SMILES string of the molecule is CCOC(=O)C1CCCN(C(=O)c2cc(I)ccc2Br)C1. The number of piperidine rings is 1. The second-order valence-corrected chi connectivity index (χ2v) is 7.07. The normalized spacial score (nSPS) is 18.4. The Kier molecular flexibility index (Phi) is 6.04. The van der Waals surface area contributed by atoms with Gasteiger partial charge in [-0.1, -0.05) is 0 Å². The van der Waals surface area contributed by atoms with Crippen LogP contribution in [0, 0.1) is 9.49 Å². The Morgan fingerprint density at radius 2 is 2.24 bits per heavy atom. The van der Waals surface area contributed by atoms with Gasteiger partial charge in [-0.05, 0) is 76.5 Å². The fraction of sp³-hybridized carbons (Fsp3) is 0.467. The summed E-state index contributed by atoms with van der Waals surface area (Å²) < 4.78 is 6.87. The zero-order valence-corrected chi connectivity index (χ0v) is 15.5. The summed E-state index contributed by atoms with van der Waals surface area (Å²) in [6, 6.07) is 5.68. The smallest absolute Gasteiger partial charge is 0.310 e. The molecule has 0 saturated carbocycles. The molecule has 1 heterocycles. The number of carbonyl (C=O) groups is 2. The number of likely N-dealkylation sites (tertiary alicyclic amines) is 1. The fourth-order valence-electron chi connectivity index (χ4n) is 2.45. The summed E-state index contributed by atoms with van der Waals surface area (Å²) >= 11 is 5.61. The van der Waals surface area contributed by atoms with E-state index < -0.39 is 0 Å². The Bertz CT molecular complexity index is 550. The summed E-state index contributed by atoms with van der Waals surface area (Å²) in [5.74, 6) is -0.435. The molecule has 4 nitrogen and oxygen atoms in total. The van der Waals surface area contributed by atoms with E-state index in [4.69, 9.17) is 4.74 Å². The van der Waals surface area contributed by atoms with E-state index in [0.717, 1.165) is 20.9 Å². The van der Waals surface area contributed by atoms with Crippen LogP contribution in [-0.2, 0) is 9.53 Å². The van der Waals surface area contributed by atoms with Crippen molar-refractivity contribution < 1.29 is 14.3 Å². The van der Waals surface area contributed by atoms with Crippen molar-refractivity contribution in [1.29, 1.82) is 0 Å². The summed E-state index contributed by atoms with van der Waals surface area (Å²) in [6.07, 6.45) is 1.62. The molecule has 6 heteroatoms. The molecular formula is C15H17BrINO3. The van der Waals surface area contributed by atoms with Gasteiger partial charge in [0, 0.05) is 21.1 Å². The number of ether oxygens (including phenoxy) is 1. The maximum Gasteiger partial charge on any atom is 0.310 e. The lowest BCUT2D eigenvalue weighted by atomic mass is 9.97. The number of halogens is 2. The lowest BCUT2D eigenvalue weighted by Crippen LogP contribution is -2.43. The zero-order valence-electron chi connectivity index (χ0n) is 11.8. The molecule has 2 rings (SSSR count). The van der Waals surface area contributed by atoms with E-state index in [2.05, 4.69) is 38.5 Å². The van der Waals surface area contributed by atoms with E-state index in [-0.39, 0.29) is 17.8 Å². The minimum atomic E-state index is -0.204. The Hall–Kier alpha value is -0.630. The minimum absolute atomic E-state index is 0.0330. The minimum Gasteiger partial charge on any atom is -0.466 e. The van der Waals surface area contributed by atoms with Gasteiger partial charge in [0.2, 0.25) is 0 Å². The highest BCUT2D eigenvalue weighted by atomic mass is 127. The number of amides is 1. The lowest BCUT2D eigenvalue weighted by molar-refractivity contribution is -0.149. The van der Waals surface area contributed by atoms with E-state index in [1.165, 1.54) is 0 Å². The molecule has 1 aliphatic rings. The van der Waals surface area contributed by atoms with Crippen molar-refractivity contribution in [3.05, 3.63) is 31.8 Å². The molecule has 0 bridgehead atoms. The summed E-state index contributed by atoms with van der Waals surface area (Å²) in [4.78, 5) is 26.2. The topological polar surface area (TPSA) is 46.6 Å². The van der Waals surface area contributed by atoms with E-state index in [9.17, 15) is 9.59 Å². The first-order valence-corrected chi connectivity index (χ1v) is 8.81. The van der Waals surface area contributed by atoms with Crippen LogP contribution in [0.15, 0.2) is 22.7 Å². The van der Waals surface area contributed by atoms with E-state index in [0.29, 0.717) is 25.3 Å². The van der Waals surface area contributed by atoms with Gasteiger partial charge in [0.25, 0.3) is 5.91 Å². The molecule has 1 aromatic rings. The van der Waals surface area contributed by atoms with Gasteiger partial charge in [0.1, 0.15) is 0 Å². The van der Waals surface area contributed by atoms with E-state index >= 15 is 0 Å². The standard InChI is InChI=1S/C15H17BrINO3/c1-2-21-15(20)10-4-3-7-18(9-10)14(19)12-8-11(17)5-6-13(12)16/h5-6,8,10H,2-4,7,9H2,1H3. The number of carbonyl (C=O) groups excluding carboxylic acids is 2. The van der Waals surface area contributed by atoms with Crippen LogP contribution in [0.4, 0.5) is 0 Å². The second kappa shape index (κ2) is 7.58. The van der Waals surface area contributed by atoms with Crippen LogP contribution in [0.5, 0.6) is 0 Å². The molecule has 0 aliphatic carbocycles. The monoisotopic (exact) mass is 465 g/mol. The maximum atomic E-state index is 12.6. The molecule has 1 atom stereocenters. The second-order valence-electron chi connectivity index (χ2n) is 4.97. The molecule has 1 saturated heterocycles. The van der Waals surface area contributed by atoms with Gasteiger partial charge in [-0.15, -0.1) is 0 Å². The van der Waals surface area contributed by atoms with Gasteiger partial charge in [-0.2, -0.15) is 0 Å². The predicted octanol–water partition coefficient (Wildman–Crippen LogP) is 3.47. The molecule has 21 heavy (non-hydrogen) atoms. The third-order valence-corrected chi connectivity index (χ3v) is 4.85. The van der Waals surface area contributed by atoms with Crippen LogP contribution < -0.4 is 0 Å². The van der Waals surface area contributed by atoms with Gasteiger partial charge in [0.05, 0.1) is 18.1 Å². The van der Waals surface area contributed by atoms with Gasteiger partial charge in [-0.25, -0.2) is 0 Å². The van der Waals surface area contributed by atoms with E-state index in [1.54, 1.807) is 11.8 Å². The van der Waals surface area contributed by atoms with Crippen LogP contribution in [0.1, 0.15) is 30.1 Å². The van der Waals surface area contributed by atoms with Crippen LogP contribution in [0.2, 0.25) is 0 Å². The average Bonchev–Trinajstić information content (AvgIpc) is 2.49. The summed E-state index contributed by atoms with van der Waals surface area (Å²) in [5.41, 5.74) is 0.645. The third kappa shape index (κ3) is 4.18. The summed E-state index contributed by atoms with van der Waals surface area (Å²) in [7, 11) is 0. The Morgan fingerprint density at radius 1 is 1.48 bits per heavy atom. The van der Waals surface area contributed by atoms with Crippen molar-refractivity contribution in [3.8, 4) is 0 Å². The van der Waals surface area contributed by atoms with Crippen LogP contribution in [-0.4, -0.2) is 36.5 Å². The molecule has 1 fully saturated rings. The summed E-state index contributed by atoms with van der Waals surface area (Å²) in [6.45, 7) is 3.31. The molecule has 114 valence electrons. The highest BCUT2D eigenvalue weighted by molar-refractivity contribution is 14.1. The number of benzene rings is 1. The van der Waals surface area contributed by atoms with Gasteiger partial charge < -0.3 is 9.64 Å². The predicted molar refractivity (Wildman–Crippen MR) is 92.1 cm³/mol. The van der Waals surface area contributed by atoms with Crippen molar-refractivity contribution in [2.45, 2.75) is 19.8 Å². The highest BCUT2D eigenvalue weighted by Crippen LogP contribution is 2.24. The molecule has 1 amide bonds. The van der Waals surface area contributed by atoms with Crippen LogP contribution in [0.3, 0.4) is 0 Å². The van der Waals surface area contributed by atoms with Crippen molar-refractivity contribution in [1.82, 2.24) is 4.90 Å². The average molecular weight is 466 g/mol. The zero-order chi connectivity index (χ0) is 15.4. The Balaban J connectivity index is 2.12. The first kappa shape index (κ1) is 16.7. The molecule has 0 spiro atoms. The van der Waals surface area contributed by atoms with Crippen molar-refractivity contribution in [2.75, 3.05) is 19.7 Å². The first-order valence-electron chi connectivity index (χ1n) is 6.94. The molecule has 0 N–H and O–H groups in total.